The first kappa shape index (κ1) is 15.5. The molecule has 5 nitrogen and oxygen atoms in total. The number of ether oxygens (including phenoxy) is 1. The van der Waals surface area contributed by atoms with E-state index in [1.54, 1.807) is 24.3 Å². The number of rotatable bonds is 4. The second-order valence-electron chi connectivity index (χ2n) is 4.37. The molecule has 0 heterocycles. The summed E-state index contributed by atoms with van der Waals surface area (Å²) < 4.78 is 18.1. The van der Waals surface area contributed by atoms with Gasteiger partial charge in [-0.1, -0.05) is 0 Å². The number of urea groups is 1. The van der Waals surface area contributed by atoms with Gasteiger partial charge in [-0.2, -0.15) is 0 Å². The van der Waals surface area contributed by atoms with Crippen LogP contribution >= 0.6 is 0 Å². The molecule has 0 aromatic heterocycles. The van der Waals surface area contributed by atoms with Crippen LogP contribution in [-0.4, -0.2) is 18.5 Å². The van der Waals surface area contributed by atoms with Crippen LogP contribution in [0, 0.1) is 5.82 Å². The van der Waals surface area contributed by atoms with Crippen LogP contribution in [0.25, 0.3) is 0 Å². The number of anilines is 1. The topological polar surface area (TPSA) is 67.4 Å². The Balaban J connectivity index is 1.92. The van der Waals surface area contributed by atoms with Gasteiger partial charge in [0.05, 0.1) is 6.61 Å². The van der Waals surface area contributed by atoms with Gasteiger partial charge in [0.1, 0.15) is 11.6 Å². The van der Waals surface area contributed by atoms with E-state index in [1.807, 2.05) is 6.92 Å². The van der Waals surface area contributed by atoms with Crippen molar-refractivity contribution < 1.29 is 18.7 Å². The van der Waals surface area contributed by atoms with E-state index in [9.17, 15) is 14.0 Å². The Morgan fingerprint density at radius 1 is 1.05 bits per heavy atom. The van der Waals surface area contributed by atoms with Crippen molar-refractivity contribution >= 4 is 17.6 Å². The lowest BCUT2D eigenvalue weighted by Crippen LogP contribution is -2.34. The second-order valence-corrected chi connectivity index (χ2v) is 4.37. The molecular weight excluding hydrogens is 287 g/mol. The number of amides is 3. The quantitative estimate of drug-likeness (QED) is 0.911. The van der Waals surface area contributed by atoms with Gasteiger partial charge in [0.15, 0.2) is 0 Å². The average Bonchev–Trinajstić information content (AvgIpc) is 2.50. The molecule has 0 radical (unpaired) electrons. The molecule has 2 aromatic rings. The van der Waals surface area contributed by atoms with Crippen molar-refractivity contribution in [3.05, 3.63) is 59.9 Å². The second kappa shape index (κ2) is 7.21. The van der Waals surface area contributed by atoms with E-state index < -0.39 is 17.8 Å². The lowest BCUT2D eigenvalue weighted by Gasteiger charge is -2.08. The fourth-order valence-electron chi connectivity index (χ4n) is 1.74. The molecule has 0 aliphatic rings. The van der Waals surface area contributed by atoms with Crippen molar-refractivity contribution in [2.45, 2.75) is 6.92 Å². The summed E-state index contributed by atoms with van der Waals surface area (Å²) in [5.41, 5.74) is 0.719. The van der Waals surface area contributed by atoms with E-state index in [1.165, 1.54) is 12.1 Å². The number of halogens is 1. The molecule has 0 saturated heterocycles. The maximum absolute atomic E-state index is 12.8. The summed E-state index contributed by atoms with van der Waals surface area (Å²) >= 11 is 0. The normalized spacial score (nSPS) is 9.91. The minimum atomic E-state index is -0.668. The predicted octanol–water partition coefficient (Wildman–Crippen LogP) is 3.19. The molecule has 0 unspecified atom stereocenters. The predicted molar refractivity (Wildman–Crippen MR) is 80.5 cm³/mol. The highest BCUT2D eigenvalue weighted by Gasteiger charge is 2.10. The average molecular weight is 302 g/mol. The third kappa shape index (κ3) is 4.31. The maximum Gasteiger partial charge on any atom is 0.326 e. The van der Waals surface area contributed by atoms with Gasteiger partial charge in [0.2, 0.25) is 0 Å². The van der Waals surface area contributed by atoms with Gasteiger partial charge in [0.25, 0.3) is 5.91 Å². The van der Waals surface area contributed by atoms with Gasteiger partial charge >= 0.3 is 6.03 Å². The molecule has 0 saturated carbocycles. The fourth-order valence-corrected chi connectivity index (χ4v) is 1.74. The third-order valence-corrected chi connectivity index (χ3v) is 2.76. The van der Waals surface area contributed by atoms with Crippen molar-refractivity contribution in [1.29, 1.82) is 0 Å². The fraction of sp³-hybridized carbons (Fsp3) is 0.125. The molecular formula is C16H15FN2O3. The van der Waals surface area contributed by atoms with Crippen LogP contribution in [0.15, 0.2) is 48.5 Å². The van der Waals surface area contributed by atoms with E-state index in [0.29, 0.717) is 18.0 Å². The Hall–Kier alpha value is -2.89. The molecule has 22 heavy (non-hydrogen) atoms. The Morgan fingerprint density at radius 2 is 1.68 bits per heavy atom. The summed E-state index contributed by atoms with van der Waals surface area (Å²) in [7, 11) is 0. The molecule has 0 bridgehead atoms. The van der Waals surface area contributed by atoms with Gasteiger partial charge in [-0.25, -0.2) is 9.18 Å². The summed E-state index contributed by atoms with van der Waals surface area (Å²) in [6, 6.07) is 11.0. The first-order chi connectivity index (χ1) is 10.6. The van der Waals surface area contributed by atoms with Crippen LogP contribution in [0.4, 0.5) is 14.9 Å². The van der Waals surface area contributed by atoms with Crippen LogP contribution in [-0.2, 0) is 0 Å². The van der Waals surface area contributed by atoms with Crippen molar-refractivity contribution in [2.75, 3.05) is 11.9 Å². The largest absolute Gasteiger partial charge is 0.494 e. The maximum atomic E-state index is 12.8. The first-order valence-corrected chi connectivity index (χ1v) is 6.69. The Kier molecular flexibility index (Phi) is 5.08. The van der Waals surface area contributed by atoms with E-state index in [-0.39, 0.29) is 5.56 Å². The van der Waals surface area contributed by atoms with Crippen molar-refractivity contribution in [3.63, 3.8) is 0 Å². The van der Waals surface area contributed by atoms with Gasteiger partial charge in [-0.3, -0.25) is 10.1 Å². The smallest absolute Gasteiger partial charge is 0.326 e. The lowest BCUT2D eigenvalue weighted by atomic mass is 10.2. The monoisotopic (exact) mass is 302 g/mol. The summed E-state index contributed by atoms with van der Waals surface area (Å²) in [6.45, 7) is 2.43. The van der Waals surface area contributed by atoms with Gasteiger partial charge in [-0.05, 0) is 55.5 Å². The number of imide groups is 1. The van der Waals surface area contributed by atoms with Crippen LogP contribution in [0.5, 0.6) is 5.75 Å². The van der Waals surface area contributed by atoms with Crippen LogP contribution in [0.2, 0.25) is 0 Å². The Bertz CT molecular complexity index is 654. The number of hydrogen-bond donors (Lipinski definition) is 2. The molecule has 114 valence electrons. The number of benzene rings is 2. The van der Waals surface area contributed by atoms with E-state index >= 15 is 0 Å². The summed E-state index contributed by atoms with van der Waals surface area (Å²) in [5.74, 6) is -0.366. The van der Waals surface area contributed by atoms with Crippen molar-refractivity contribution in [2.24, 2.45) is 0 Å². The number of carbonyl (C=O) groups excluding carboxylic acids is 2. The van der Waals surface area contributed by atoms with Crippen LogP contribution < -0.4 is 15.4 Å². The number of hydrogen-bond acceptors (Lipinski definition) is 3. The number of carbonyl (C=O) groups is 2. The molecule has 2 aromatic carbocycles. The van der Waals surface area contributed by atoms with Gasteiger partial charge < -0.3 is 10.1 Å². The Morgan fingerprint density at radius 3 is 2.27 bits per heavy atom. The van der Waals surface area contributed by atoms with Gasteiger partial charge in [0, 0.05) is 11.3 Å². The molecule has 2 rings (SSSR count). The first-order valence-electron chi connectivity index (χ1n) is 6.69. The molecule has 6 heteroatoms. The molecule has 3 amide bonds. The molecule has 0 fully saturated rings. The summed E-state index contributed by atoms with van der Waals surface area (Å²) in [4.78, 5) is 23.5. The molecule has 0 aliphatic carbocycles. The highest BCUT2D eigenvalue weighted by molar-refractivity contribution is 6.07. The zero-order valence-electron chi connectivity index (χ0n) is 11.9. The zero-order valence-corrected chi connectivity index (χ0v) is 11.9. The van der Waals surface area contributed by atoms with E-state index in [4.69, 9.17) is 4.74 Å². The Labute approximate surface area is 127 Å². The minimum Gasteiger partial charge on any atom is -0.494 e. The van der Waals surface area contributed by atoms with Gasteiger partial charge in [-0.15, -0.1) is 0 Å². The molecule has 2 N–H and O–H groups in total. The van der Waals surface area contributed by atoms with E-state index in [0.717, 1.165) is 12.1 Å². The SMILES string of the molecule is CCOc1ccc(NC(=O)NC(=O)c2ccc(F)cc2)cc1. The van der Waals surface area contributed by atoms with Crippen LogP contribution in [0.1, 0.15) is 17.3 Å². The minimum absolute atomic E-state index is 0.197. The molecule has 0 atom stereocenters. The van der Waals surface area contributed by atoms with Crippen molar-refractivity contribution in [3.8, 4) is 5.75 Å². The molecule has 0 aliphatic heterocycles. The van der Waals surface area contributed by atoms with Crippen molar-refractivity contribution in [1.82, 2.24) is 5.32 Å². The molecule has 0 spiro atoms. The number of nitrogens with one attached hydrogen (secondary N) is 2. The summed E-state index contributed by atoms with van der Waals surface area (Å²) in [6.07, 6.45) is 0. The van der Waals surface area contributed by atoms with E-state index in [2.05, 4.69) is 10.6 Å². The highest BCUT2D eigenvalue weighted by Crippen LogP contribution is 2.15. The zero-order chi connectivity index (χ0) is 15.9. The standard InChI is InChI=1S/C16H15FN2O3/c1-2-22-14-9-7-13(8-10-14)18-16(21)19-15(20)11-3-5-12(17)6-4-11/h3-10H,2H2,1H3,(H2,18,19,20,21). The van der Waals surface area contributed by atoms with Crippen LogP contribution in [0.3, 0.4) is 0 Å². The lowest BCUT2D eigenvalue weighted by molar-refractivity contribution is 0.0967. The summed E-state index contributed by atoms with van der Waals surface area (Å²) in [5, 5.41) is 4.68. The third-order valence-electron chi connectivity index (χ3n) is 2.76. The highest BCUT2D eigenvalue weighted by atomic mass is 19.1.